The molecule has 8 nitrogen and oxygen atoms in total. The monoisotopic (exact) mass is 513 g/mol. The van der Waals surface area contributed by atoms with E-state index in [-0.39, 0.29) is 40.2 Å². The Morgan fingerprint density at radius 3 is 2.27 bits per heavy atom. The average Bonchev–Trinajstić information content (AvgIpc) is 3.28. The van der Waals surface area contributed by atoms with Crippen molar-refractivity contribution in [2.24, 2.45) is 10.8 Å². The minimum Gasteiger partial charge on any atom is -0.350 e. The Morgan fingerprint density at radius 1 is 0.919 bits per heavy atom. The minimum absolute atomic E-state index is 0.0621. The van der Waals surface area contributed by atoms with Crippen LogP contribution in [0.1, 0.15) is 72.0 Å². The Labute approximate surface area is 210 Å². The summed E-state index contributed by atoms with van der Waals surface area (Å²) in [5.74, 6) is -3.88. The van der Waals surface area contributed by atoms with Crippen LogP contribution in [0.2, 0.25) is 0 Å². The molecule has 3 aromatic rings. The van der Waals surface area contributed by atoms with Gasteiger partial charge in [-0.15, -0.1) is 0 Å². The summed E-state index contributed by atoms with van der Waals surface area (Å²) in [5, 5.41) is 9.33. The molecule has 0 atom stereocenters. The summed E-state index contributed by atoms with van der Waals surface area (Å²) >= 11 is 0. The van der Waals surface area contributed by atoms with Crippen LogP contribution in [-0.2, 0) is 11.3 Å². The molecule has 2 amide bonds. The Kier molecular flexibility index (Phi) is 6.25. The number of rotatable bonds is 7. The largest absolute Gasteiger partial charge is 0.350 e. The van der Waals surface area contributed by atoms with Crippen molar-refractivity contribution in [2.75, 3.05) is 6.54 Å². The fourth-order valence-corrected chi connectivity index (χ4v) is 5.55. The number of carbonyl (C=O) groups is 3. The van der Waals surface area contributed by atoms with E-state index in [0.29, 0.717) is 12.1 Å². The molecule has 0 spiro atoms. The molecule has 0 saturated heterocycles. The lowest BCUT2D eigenvalue weighted by Crippen LogP contribution is -2.49. The summed E-state index contributed by atoms with van der Waals surface area (Å²) in [7, 11) is 0. The summed E-state index contributed by atoms with van der Waals surface area (Å²) < 4.78 is 42.0. The Hall–Kier alpha value is -3.76. The summed E-state index contributed by atoms with van der Waals surface area (Å²) in [5.41, 5.74) is -0.580. The van der Waals surface area contributed by atoms with Gasteiger partial charge in [-0.05, 0) is 68.6 Å². The third-order valence-electron chi connectivity index (χ3n) is 8.10. The quantitative estimate of drug-likeness (QED) is 0.501. The molecule has 2 N–H and O–H groups in total. The molecule has 2 aromatic heterocycles. The highest BCUT2D eigenvalue weighted by Crippen LogP contribution is 2.56. The number of hydrogen-bond acceptors (Lipinski definition) is 5. The molecule has 0 unspecified atom stereocenters. The van der Waals surface area contributed by atoms with Crippen LogP contribution >= 0.6 is 0 Å². The van der Waals surface area contributed by atoms with Gasteiger partial charge >= 0.3 is 0 Å². The first-order valence-electron chi connectivity index (χ1n) is 12.2. The van der Waals surface area contributed by atoms with E-state index in [1.165, 1.54) is 12.1 Å². The maximum atomic E-state index is 14.4. The molecular weight excluding hydrogens is 487 g/mol. The van der Waals surface area contributed by atoms with Gasteiger partial charge in [-0.2, -0.15) is 5.10 Å². The van der Waals surface area contributed by atoms with Crippen LogP contribution in [-0.4, -0.2) is 38.7 Å². The summed E-state index contributed by atoms with van der Waals surface area (Å²) in [6, 6.07) is 4.44. The zero-order valence-electron chi connectivity index (χ0n) is 20.2. The van der Waals surface area contributed by atoms with Crippen LogP contribution in [0, 0.1) is 28.3 Å². The third-order valence-corrected chi connectivity index (χ3v) is 8.10. The van der Waals surface area contributed by atoms with E-state index in [9.17, 15) is 27.6 Å². The zero-order chi connectivity index (χ0) is 26.4. The van der Waals surface area contributed by atoms with Crippen LogP contribution in [0.25, 0.3) is 5.65 Å². The highest BCUT2D eigenvalue weighted by molar-refractivity contribution is 5.98. The first kappa shape index (κ1) is 24.9. The number of benzene rings is 1. The second-order valence-corrected chi connectivity index (χ2v) is 10.2. The molecule has 3 saturated carbocycles. The average molecular weight is 514 g/mol. The van der Waals surface area contributed by atoms with Gasteiger partial charge in [0.1, 0.15) is 17.2 Å². The number of Topliss-reactive ketones (excluding diaryl/α,β-unsaturated/α-hetero) is 1. The molecule has 3 aliphatic carbocycles. The maximum absolute atomic E-state index is 14.4. The summed E-state index contributed by atoms with van der Waals surface area (Å²) in [4.78, 5) is 42.1. The minimum atomic E-state index is -1.05. The van der Waals surface area contributed by atoms with Crippen molar-refractivity contribution in [3.8, 4) is 0 Å². The Balaban J connectivity index is 1.32. The molecular formula is C26H26F3N5O3. The summed E-state index contributed by atoms with van der Waals surface area (Å²) in [6.07, 6.45) is 5.86. The van der Waals surface area contributed by atoms with Crippen molar-refractivity contribution in [3.05, 3.63) is 64.9 Å². The van der Waals surface area contributed by atoms with E-state index in [2.05, 4.69) is 20.7 Å². The second kappa shape index (κ2) is 9.28. The third kappa shape index (κ3) is 4.58. The fraction of sp³-hybridized carbons (Fsp3) is 0.423. The van der Waals surface area contributed by atoms with Crippen molar-refractivity contribution >= 4 is 23.2 Å². The topological polar surface area (TPSA) is 105 Å². The Bertz CT molecular complexity index is 1400. The normalized spacial score (nSPS) is 22.7. The van der Waals surface area contributed by atoms with Crippen molar-refractivity contribution in [1.82, 2.24) is 25.2 Å². The smallest absolute Gasteiger partial charge is 0.270 e. The zero-order valence-corrected chi connectivity index (χ0v) is 20.2. The van der Waals surface area contributed by atoms with Crippen molar-refractivity contribution in [2.45, 2.75) is 52.0 Å². The summed E-state index contributed by atoms with van der Waals surface area (Å²) in [6.45, 7) is 1.92. The highest BCUT2D eigenvalue weighted by Gasteiger charge is 2.50. The molecule has 11 heteroatoms. The van der Waals surface area contributed by atoms with Gasteiger partial charge in [0.2, 0.25) is 0 Å². The lowest BCUT2D eigenvalue weighted by atomic mass is 9.52. The molecule has 0 radical (unpaired) electrons. The molecule has 0 aliphatic heterocycles. The molecule has 2 bridgehead atoms. The van der Waals surface area contributed by atoms with Crippen LogP contribution in [0.4, 0.5) is 13.2 Å². The van der Waals surface area contributed by atoms with Gasteiger partial charge in [0.05, 0.1) is 6.20 Å². The number of carbonyl (C=O) groups excluding carboxylic acids is 3. The van der Waals surface area contributed by atoms with E-state index in [4.69, 9.17) is 0 Å². The lowest BCUT2D eigenvalue weighted by Gasteiger charge is -2.52. The van der Waals surface area contributed by atoms with Crippen molar-refractivity contribution < 1.29 is 27.6 Å². The van der Waals surface area contributed by atoms with Crippen LogP contribution in [0.3, 0.4) is 0 Å². The van der Waals surface area contributed by atoms with Gasteiger partial charge in [-0.25, -0.2) is 22.7 Å². The Morgan fingerprint density at radius 2 is 1.62 bits per heavy atom. The fourth-order valence-electron chi connectivity index (χ4n) is 5.55. The number of nitrogens with zero attached hydrogens (tertiary/aromatic N) is 3. The first-order chi connectivity index (χ1) is 17.6. The van der Waals surface area contributed by atoms with E-state index in [1.807, 2.05) is 0 Å². The number of halogens is 3. The molecule has 1 aromatic carbocycles. The van der Waals surface area contributed by atoms with Crippen LogP contribution < -0.4 is 10.6 Å². The van der Waals surface area contributed by atoms with Gasteiger partial charge < -0.3 is 10.6 Å². The van der Waals surface area contributed by atoms with Gasteiger partial charge in [-0.3, -0.25) is 14.4 Å². The number of amides is 2. The predicted octanol–water partition coefficient (Wildman–Crippen LogP) is 3.74. The van der Waals surface area contributed by atoms with Crippen LogP contribution in [0.5, 0.6) is 0 Å². The van der Waals surface area contributed by atoms with Crippen molar-refractivity contribution in [1.29, 1.82) is 0 Å². The van der Waals surface area contributed by atoms with E-state index in [1.54, 1.807) is 6.92 Å². The SMILES string of the molecule is CC(=O)C12CCC(CNC(=O)c3cc(C(=O)NCc4ccc(F)c(F)c4)nc4c(F)cnn34)(CC1)CC2. The highest BCUT2D eigenvalue weighted by atomic mass is 19.2. The van der Waals surface area contributed by atoms with Gasteiger partial charge in [0.25, 0.3) is 11.8 Å². The van der Waals surface area contributed by atoms with E-state index in [0.717, 1.165) is 61.4 Å². The number of nitrogens with one attached hydrogen (secondary N) is 2. The van der Waals surface area contributed by atoms with Crippen LogP contribution in [0.15, 0.2) is 30.5 Å². The van der Waals surface area contributed by atoms with E-state index >= 15 is 0 Å². The van der Waals surface area contributed by atoms with Gasteiger partial charge in [-0.1, -0.05) is 6.07 Å². The van der Waals surface area contributed by atoms with Crippen molar-refractivity contribution in [3.63, 3.8) is 0 Å². The number of ketones is 1. The molecule has 194 valence electrons. The number of hydrogen-bond donors (Lipinski definition) is 2. The first-order valence-corrected chi connectivity index (χ1v) is 12.2. The second-order valence-electron chi connectivity index (χ2n) is 10.2. The maximum Gasteiger partial charge on any atom is 0.270 e. The number of fused-ring (bicyclic) bond motifs is 4. The molecule has 6 rings (SSSR count). The standard InChI is InChI=1S/C26H26F3N5O3/c1-15(35)26-7-4-25(5-8-26,6-9-26)14-31-24(37)21-11-20(33-22-19(29)13-32-34(21)22)23(36)30-12-16-2-3-17(27)18(28)10-16/h2-3,10-11,13H,4-9,12,14H2,1H3,(H,30,36)(H,31,37). The molecule has 2 heterocycles. The molecule has 3 aliphatic rings. The molecule has 3 fully saturated rings. The molecule has 37 heavy (non-hydrogen) atoms. The van der Waals surface area contributed by atoms with Gasteiger partial charge in [0.15, 0.2) is 23.1 Å². The van der Waals surface area contributed by atoms with Gasteiger partial charge in [0, 0.05) is 24.6 Å². The predicted molar refractivity (Wildman–Crippen MR) is 126 cm³/mol. The van der Waals surface area contributed by atoms with E-state index < -0.39 is 29.3 Å². The number of aromatic nitrogens is 3. The lowest BCUT2D eigenvalue weighted by molar-refractivity contribution is -0.135.